The molecule has 0 spiro atoms. The smallest absolute Gasteiger partial charge is 0.335 e. The molecular weight excluding hydrogens is 280 g/mol. The van der Waals surface area contributed by atoms with Crippen molar-refractivity contribution in [3.8, 4) is 5.69 Å². The van der Waals surface area contributed by atoms with Gasteiger partial charge in [-0.05, 0) is 36.8 Å². The van der Waals surface area contributed by atoms with Gasteiger partial charge >= 0.3 is 5.97 Å². The molecule has 0 saturated heterocycles. The van der Waals surface area contributed by atoms with Gasteiger partial charge in [-0.25, -0.2) is 18.3 Å². The van der Waals surface area contributed by atoms with Crippen LogP contribution < -0.4 is 0 Å². The molecule has 0 amide bonds. The van der Waals surface area contributed by atoms with Crippen molar-refractivity contribution >= 4 is 17.0 Å². The number of aryl methyl sites for hydroxylation is 1. The molecule has 21 heavy (non-hydrogen) atoms. The largest absolute Gasteiger partial charge is 0.478 e. The highest BCUT2D eigenvalue weighted by molar-refractivity contribution is 5.92. The third kappa shape index (κ3) is 2.03. The summed E-state index contributed by atoms with van der Waals surface area (Å²) in [6, 6.07) is 6.51. The maximum absolute atomic E-state index is 14.2. The molecule has 0 fully saturated rings. The van der Waals surface area contributed by atoms with Gasteiger partial charge in [0.25, 0.3) is 0 Å². The van der Waals surface area contributed by atoms with Gasteiger partial charge in [0.2, 0.25) is 0 Å². The number of halogens is 2. The van der Waals surface area contributed by atoms with Crippen LogP contribution in [0.25, 0.3) is 16.7 Å². The summed E-state index contributed by atoms with van der Waals surface area (Å²) in [5, 5.41) is 16.5. The van der Waals surface area contributed by atoms with Crippen LogP contribution in [0.3, 0.4) is 0 Å². The molecule has 1 N–H and O–H groups in total. The van der Waals surface area contributed by atoms with Crippen molar-refractivity contribution in [2.24, 2.45) is 0 Å². The summed E-state index contributed by atoms with van der Waals surface area (Å²) >= 11 is 0. The summed E-state index contributed by atoms with van der Waals surface area (Å²) in [6.07, 6.45) is 0. The lowest BCUT2D eigenvalue weighted by Crippen LogP contribution is -2.05. The zero-order chi connectivity index (χ0) is 15.1. The lowest BCUT2D eigenvalue weighted by Gasteiger charge is -2.07. The number of hydrogen-bond donors (Lipinski definition) is 1. The third-order valence-electron chi connectivity index (χ3n) is 3.16. The van der Waals surface area contributed by atoms with E-state index in [1.165, 1.54) is 31.2 Å². The summed E-state index contributed by atoms with van der Waals surface area (Å²) < 4.78 is 29.1. The molecule has 0 unspecified atom stereocenters. The number of carbonyl (C=O) groups is 1. The molecule has 0 aliphatic carbocycles. The van der Waals surface area contributed by atoms with Crippen molar-refractivity contribution < 1.29 is 18.7 Å². The number of hydrogen-bond acceptors (Lipinski definition) is 3. The van der Waals surface area contributed by atoms with Crippen LogP contribution in [0.4, 0.5) is 8.78 Å². The lowest BCUT2D eigenvalue weighted by atomic mass is 10.1. The van der Waals surface area contributed by atoms with Gasteiger partial charge < -0.3 is 5.11 Å². The Morgan fingerprint density at radius 2 is 2.00 bits per heavy atom. The number of nitrogens with zero attached hydrogens (tertiary/aromatic N) is 3. The Kier molecular flexibility index (Phi) is 2.90. The van der Waals surface area contributed by atoms with E-state index in [9.17, 15) is 13.6 Å². The van der Waals surface area contributed by atoms with Gasteiger partial charge in [0.1, 0.15) is 11.2 Å². The van der Waals surface area contributed by atoms with Gasteiger partial charge in [0, 0.05) is 0 Å². The predicted octanol–water partition coefficient (Wildman–Crippen LogP) is 2.71. The molecule has 106 valence electrons. The molecule has 3 rings (SSSR count). The van der Waals surface area contributed by atoms with E-state index in [-0.39, 0.29) is 22.3 Å². The van der Waals surface area contributed by atoms with E-state index < -0.39 is 17.6 Å². The van der Waals surface area contributed by atoms with E-state index in [0.29, 0.717) is 5.52 Å². The number of rotatable bonds is 2. The fourth-order valence-electron chi connectivity index (χ4n) is 2.05. The van der Waals surface area contributed by atoms with E-state index in [2.05, 4.69) is 10.3 Å². The van der Waals surface area contributed by atoms with Gasteiger partial charge in [0.05, 0.1) is 11.1 Å². The second-order valence-electron chi connectivity index (χ2n) is 4.54. The fourth-order valence-corrected chi connectivity index (χ4v) is 2.05. The number of benzene rings is 2. The van der Waals surface area contributed by atoms with Gasteiger partial charge in [-0.3, -0.25) is 0 Å². The van der Waals surface area contributed by atoms with Crippen LogP contribution >= 0.6 is 0 Å². The van der Waals surface area contributed by atoms with E-state index in [1.54, 1.807) is 0 Å². The third-order valence-corrected chi connectivity index (χ3v) is 3.16. The van der Waals surface area contributed by atoms with E-state index >= 15 is 0 Å². The van der Waals surface area contributed by atoms with Gasteiger partial charge in [-0.1, -0.05) is 11.3 Å². The quantitative estimate of drug-likeness (QED) is 0.787. The van der Waals surface area contributed by atoms with Gasteiger partial charge in [0.15, 0.2) is 11.6 Å². The maximum Gasteiger partial charge on any atom is 0.335 e. The molecular formula is C14H9F2N3O2. The molecule has 0 saturated carbocycles. The Morgan fingerprint density at radius 3 is 2.71 bits per heavy atom. The molecule has 0 radical (unpaired) electrons. The van der Waals surface area contributed by atoms with Gasteiger partial charge in [-0.15, -0.1) is 5.10 Å². The van der Waals surface area contributed by atoms with Crippen LogP contribution in [0.5, 0.6) is 0 Å². The molecule has 0 bridgehead atoms. The van der Waals surface area contributed by atoms with Crippen LogP contribution in [-0.4, -0.2) is 26.1 Å². The Labute approximate surface area is 117 Å². The summed E-state index contributed by atoms with van der Waals surface area (Å²) in [7, 11) is 0. The molecule has 7 heteroatoms. The SMILES string of the molecule is Cc1ccc(F)c(-n2nnc3ccc(C(=O)O)cc32)c1F. The zero-order valence-corrected chi connectivity index (χ0v) is 10.8. The normalized spacial score (nSPS) is 11.0. The number of carboxylic acid groups (broad SMARTS) is 1. The molecule has 3 aromatic rings. The Balaban J connectivity index is 2.33. The van der Waals surface area contributed by atoms with Crippen LogP contribution in [0.2, 0.25) is 0 Å². The van der Waals surface area contributed by atoms with Crippen molar-refractivity contribution in [1.82, 2.24) is 15.0 Å². The summed E-state index contributed by atoms with van der Waals surface area (Å²) in [6.45, 7) is 1.50. The Morgan fingerprint density at radius 1 is 1.24 bits per heavy atom. The predicted molar refractivity (Wildman–Crippen MR) is 70.5 cm³/mol. The summed E-state index contributed by atoms with van der Waals surface area (Å²) in [5.74, 6) is -2.71. The van der Waals surface area contributed by atoms with Crippen LogP contribution in [0.15, 0.2) is 30.3 Å². The second kappa shape index (κ2) is 4.62. The first-order valence-corrected chi connectivity index (χ1v) is 6.03. The average molecular weight is 289 g/mol. The highest BCUT2D eigenvalue weighted by Crippen LogP contribution is 2.24. The zero-order valence-electron chi connectivity index (χ0n) is 10.8. The Bertz CT molecular complexity index is 874. The minimum atomic E-state index is -1.14. The van der Waals surface area contributed by atoms with Crippen LogP contribution in [0, 0.1) is 18.6 Å². The minimum Gasteiger partial charge on any atom is -0.478 e. The summed E-state index contributed by atoms with van der Waals surface area (Å²) in [4.78, 5) is 11.0. The fraction of sp³-hybridized carbons (Fsp3) is 0.0714. The van der Waals surface area contributed by atoms with Gasteiger partial charge in [-0.2, -0.15) is 0 Å². The standard InChI is InChI=1S/C14H9F2N3O2/c1-7-2-4-9(15)13(12(7)16)19-11-6-8(14(20)21)3-5-10(11)17-18-19/h2-6H,1H3,(H,20,21). The molecule has 5 nitrogen and oxygen atoms in total. The van der Waals surface area contributed by atoms with Crippen molar-refractivity contribution in [3.05, 3.63) is 53.1 Å². The van der Waals surface area contributed by atoms with E-state index in [0.717, 1.165) is 10.7 Å². The van der Waals surface area contributed by atoms with Crippen LogP contribution in [0.1, 0.15) is 15.9 Å². The monoisotopic (exact) mass is 289 g/mol. The highest BCUT2D eigenvalue weighted by Gasteiger charge is 2.18. The molecule has 2 aromatic carbocycles. The first kappa shape index (κ1) is 13.2. The molecule has 0 aliphatic heterocycles. The highest BCUT2D eigenvalue weighted by atomic mass is 19.1. The number of fused-ring (bicyclic) bond motifs is 1. The molecule has 1 heterocycles. The number of aromatic carboxylic acids is 1. The Hall–Kier alpha value is -2.83. The van der Waals surface area contributed by atoms with E-state index in [1.807, 2.05) is 0 Å². The second-order valence-corrected chi connectivity index (χ2v) is 4.54. The molecule has 0 atom stereocenters. The maximum atomic E-state index is 14.2. The summed E-state index contributed by atoms with van der Waals surface area (Å²) in [5.41, 5.74) is 0.433. The molecule has 0 aliphatic rings. The van der Waals surface area contributed by atoms with Crippen molar-refractivity contribution in [2.45, 2.75) is 6.92 Å². The van der Waals surface area contributed by atoms with Crippen molar-refractivity contribution in [3.63, 3.8) is 0 Å². The van der Waals surface area contributed by atoms with E-state index in [4.69, 9.17) is 5.11 Å². The minimum absolute atomic E-state index is 0.0143. The average Bonchev–Trinajstić information content (AvgIpc) is 2.86. The first-order chi connectivity index (χ1) is 9.99. The van der Waals surface area contributed by atoms with Crippen LogP contribution in [-0.2, 0) is 0 Å². The topological polar surface area (TPSA) is 68.0 Å². The number of carboxylic acids is 1. The number of aromatic nitrogens is 3. The molecule has 1 aromatic heterocycles. The first-order valence-electron chi connectivity index (χ1n) is 6.03. The van der Waals surface area contributed by atoms with Crippen molar-refractivity contribution in [2.75, 3.05) is 0 Å². The lowest BCUT2D eigenvalue weighted by molar-refractivity contribution is 0.0697. The van der Waals surface area contributed by atoms with Crippen molar-refractivity contribution in [1.29, 1.82) is 0 Å².